The van der Waals surface area contributed by atoms with Crippen LogP contribution in [0.3, 0.4) is 0 Å². The Hall–Kier alpha value is -2.75. The lowest BCUT2D eigenvalue weighted by atomic mass is 10.1. The van der Waals surface area contributed by atoms with Crippen LogP contribution in [0.25, 0.3) is 10.8 Å². The first-order chi connectivity index (χ1) is 10.6. The molecule has 0 radical (unpaired) electrons. The number of fused-ring (bicyclic) bond motifs is 1. The molecule has 0 aliphatic heterocycles. The number of anilines is 1. The smallest absolute Gasteiger partial charge is 0.261 e. The summed E-state index contributed by atoms with van der Waals surface area (Å²) < 4.78 is 27.0. The minimum Gasteiger partial charge on any atom is -0.311 e. The van der Waals surface area contributed by atoms with Crippen LogP contribution in [-0.2, 0) is 0 Å². The van der Waals surface area contributed by atoms with Gasteiger partial charge in [-0.2, -0.15) is 0 Å². The Morgan fingerprint density at radius 2 is 1.64 bits per heavy atom. The van der Waals surface area contributed by atoms with E-state index in [9.17, 15) is 13.6 Å². The molecule has 3 aromatic carbocycles. The van der Waals surface area contributed by atoms with E-state index in [0.29, 0.717) is 5.69 Å². The fraction of sp³-hybridized carbons (Fsp3) is 0.0556. The van der Waals surface area contributed by atoms with Crippen molar-refractivity contribution in [3.63, 3.8) is 0 Å². The van der Waals surface area contributed by atoms with Crippen molar-refractivity contribution in [3.05, 3.63) is 77.9 Å². The van der Waals surface area contributed by atoms with Gasteiger partial charge >= 0.3 is 0 Å². The highest BCUT2D eigenvalue weighted by molar-refractivity contribution is 6.06. The van der Waals surface area contributed by atoms with E-state index >= 15 is 0 Å². The first-order valence-electron chi connectivity index (χ1n) is 6.78. The van der Waals surface area contributed by atoms with Crippen LogP contribution in [0.5, 0.6) is 0 Å². The van der Waals surface area contributed by atoms with Crippen LogP contribution in [-0.4, -0.2) is 13.0 Å². The normalized spacial score (nSPS) is 10.7. The fourth-order valence-electron chi connectivity index (χ4n) is 2.34. The van der Waals surface area contributed by atoms with E-state index < -0.39 is 17.5 Å². The standard InChI is InChI=1S/C18H13F2NO/c1-21(18(22)16-11-14(19)7-9-17(16)20)15-8-6-12-4-2-3-5-13(12)10-15/h2-11H,1H3. The van der Waals surface area contributed by atoms with Crippen molar-refractivity contribution >= 4 is 22.4 Å². The molecule has 0 aliphatic carbocycles. The van der Waals surface area contributed by atoms with Crippen molar-refractivity contribution in [2.45, 2.75) is 0 Å². The molecular weight excluding hydrogens is 284 g/mol. The highest BCUT2D eigenvalue weighted by atomic mass is 19.1. The molecule has 0 atom stereocenters. The van der Waals surface area contributed by atoms with Gasteiger partial charge in [0.2, 0.25) is 0 Å². The van der Waals surface area contributed by atoms with E-state index in [2.05, 4.69) is 0 Å². The molecule has 3 aromatic rings. The van der Waals surface area contributed by atoms with Crippen molar-refractivity contribution in [2.24, 2.45) is 0 Å². The highest BCUT2D eigenvalue weighted by Gasteiger charge is 2.18. The summed E-state index contributed by atoms with van der Waals surface area (Å²) in [6.45, 7) is 0. The van der Waals surface area contributed by atoms with Gasteiger partial charge in [0.05, 0.1) is 5.56 Å². The zero-order valence-corrected chi connectivity index (χ0v) is 11.9. The van der Waals surface area contributed by atoms with Gasteiger partial charge in [-0.15, -0.1) is 0 Å². The Labute approximate surface area is 126 Å². The van der Waals surface area contributed by atoms with Crippen molar-refractivity contribution in [3.8, 4) is 0 Å². The maximum Gasteiger partial charge on any atom is 0.261 e. The SMILES string of the molecule is CN(C(=O)c1cc(F)ccc1F)c1ccc2ccccc2c1. The highest BCUT2D eigenvalue weighted by Crippen LogP contribution is 2.23. The molecule has 1 amide bonds. The molecule has 110 valence electrons. The van der Waals surface area contributed by atoms with Crippen LogP contribution in [0.1, 0.15) is 10.4 Å². The van der Waals surface area contributed by atoms with Crippen molar-refractivity contribution < 1.29 is 13.6 Å². The van der Waals surface area contributed by atoms with Crippen LogP contribution in [0.4, 0.5) is 14.5 Å². The monoisotopic (exact) mass is 297 g/mol. The molecule has 0 saturated carbocycles. The fourth-order valence-corrected chi connectivity index (χ4v) is 2.34. The molecule has 0 saturated heterocycles. The van der Waals surface area contributed by atoms with E-state index in [1.54, 1.807) is 6.07 Å². The summed E-state index contributed by atoms with van der Waals surface area (Å²) >= 11 is 0. The van der Waals surface area contributed by atoms with Crippen LogP contribution < -0.4 is 4.90 Å². The molecular formula is C18H13F2NO. The molecule has 3 rings (SSSR count). The number of carbonyl (C=O) groups is 1. The number of hydrogen-bond donors (Lipinski definition) is 0. The maximum atomic E-state index is 13.7. The quantitative estimate of drug-likeness (QED) is 0.687. The number of carbonyl (C=O) groups excluding carboxylic acids is 1. The Balaban J connectivity index is 1.99. The first-order valence-corrected chi connectivity index (χ1v) is 6.78. The largest absolute Gasteiger partial charge is 0.311 e. The lowest BCUT2D eigenvalue weighted by Gasteiger charge is -2.18. The molecule has 0 spiro atoms. The summed E-state index contributed by atoms with van der Waals surface area (Å²) in [5.41, 5.74) is 0.336. The summed E-state index contributed by atoms with van der Waals surface area (Å²) in [6.07, 6.45) is 0. The third-order valence-electron chi connectivity index (χ3n) is 3.58. The molecule has 0 fully saturated rings. The molecule has 0 N–H and O–H groups in total. The second-order valence-corrected chi connectivity index (χ2v) is 5.02. The van der Waals surface area contributed by atoms with E-state index in [4.69, 9.17) is 0 Å². The van der Waals surface area contributed by atoms with Crippen LogP contribution in [0, 0.1) is 11.6 Å². The van der Waals surface area contributed by atoms with Gasteiger partial charge in [-0.05, 0) is 41.1 Å². The molecule has 0 aliphatic rings. The van der Waals surface area contributed by atoms with Gasteiger partial charge in [-0.3, -0.25) is 4.79 Å². The van der Waals surface area contributed by atoms with Gasteiger partial charge in [0.15, 0.2) is 0 Å². The van der Waals surface area contributed by atoms with E-state index in [1.165, 1.54) is 11.9 Å². The second kappa shape index (κ2) is 5.56. The van der Waals surface area contributed by atoms with E-state index in [0.717, 1.165) is 29.0 Å². The van der Waals surface area contributed by atoms with Crippen molar-refractivity contribution in [1.82, 2.24) is 0 Å². The van der Waals surface area contributed by atoms with Gasteiger partial charge in [0.25, 0.3) is 5.91 Å². The van der Waals surface area contributed by atoms with Crippen LogP contribution in [0.2, 0.25) is 0 Å². The van der Waals surface area contributed by atoms with Crippen LogP contribution in [0.15, 0.2) is 60.7 Å². The number of amides is 1. The first kappa shape index (κ1) is 14.2. The lowest BCUT2D eigenvalue weighted by Crippen LogP contribution is -2.27. The number of rotatable bonds is 2. The van der Waals surface area contributed by atoms with Gasteiger partial charge in [-0.1, -0.05) is 30.3 Å². The minimum atomic E-state index is -0.737. The molecule has 0 bridgehead atoms. The Morgan fingerprint density at radius 3 is 2.41 bits per heavy atom. The van der Waals surface area contributed by atoms with Crippen molar-refractivity contribution in [1.29, 1.82) is 0 Å². The molecule has 2 nitrogen and oxygen atoms in total. The average molecular weight is 297 g/mol. The topological polar surface area (TPSA) is 20.3 Å². The van der Waals surface area contributed by atoms with E-state index in [-0.39, 0.29) is 5.56 Å². The number of hydrogen-bond acceptors (Lipinski definition) is 1. The molecule has 22 heavy (non-hydrogen) atoms. The summed E-state index contributed by atoms with van der Waals surface area (Å²) in [6, 6.07) is 16.1. The predicted octanol–water partition coefficient (Wildman–Crippen LogP) is 4.39. The summed E-state index contributed by atoms with van der Waals surface area (Å²) in [5, 5.41) is 2.02. The zero-order valence-electron chi connectivity index (χ0n) is 11.9. The third kappa shape index (κ3) is 2.55. The average Bonchev–Trinajstić information content (AvgIpc) is 2.55. The predicted molar refractivity (Wildman–Crippen MR) is 83.0 cm³/mol. The summed E-state index contributed by atoms with van der Waals surface area (Å²) in [7, 11) is 1.54. The van der Waals surface area contributed by atoms with Gasteiger partial charge in [0.1, 0.15) is 11.6 Å². The minimum absolute atomic E-state index is 0.282. The van der Waals surface area contributed by atoms with Crippen molar-refractivity contribution in [2.75, 3.05) is 11.9 Å². The number of benzene rings is 3. The molecule has 4 heteroatoms. The third-order valence-corrected chi connectivity index (χ3v) is 3.58. The van der Waals surface area contributed by atoms with Gasteiger partial charge < -0.3 is 4.90 Å². The Kier molecular flexibility index (Phi) is 3.59. The summed E-state index contributed by atoms with van der Waals surface area (Å²) in [5.74, 6) is -1.97. The lowest BCUT2D eigenvalue weighted by molar-refractivity contribution is 0.0988. The summed E-state index contributed by atoms with van der Waals surface area (Å²) in [4.78, 5) is 13.7. The second-order valence-electron chi connectivity index (χ2n) is 5.02. The Bertz CT molecular complexity index is 861. The number of halogens is 2. The molecule has 0 aromatic heterocycles. The zero-order chi connectivity index (χ0) is 15.7. The van der Waals surface area contributed by atoms with Gasteiger partial charge in [0, 0.05) is 12.7 Å². The van der Waals surface area contributed by atoms with Gasteiger partial charge in [-0.25, -0.2) is 8.78 Å². The molecule has 0 unspecified atom stereocenters. The molecule has 0 heterocycles. The van der Waals surface area contributed by atoms with E-state index in [1.807, 2.05) is 36.4 Å². The maximum absolute atomic E-state index is 13.7. The Morgan fingerprint density at radius 1 is 0.909 bits per heavy atom. The van der Waals surface area contributed by atoms with Crippen LogP contribution >= 0.6 is 0 Å². The number of nitrogens with zero attached hydrogens (tertiary/aromatic N) is 1.